The number of nitrogens with zero attached hydrogens (tertiary/aromatic N) is 3. The van der Waals surface area contributed by atoms with Crippen molar-refractivity contribution in [3.8, 4) is 5.75 Å². The fourth-order valence-corrected chi connectivity index (χ4v) is 3.52. The second-order valence-corrected chi connectivity index (χ2v) is 7.17. The van der Waals surface area contributed by atoms with Gasteiger partial charge in [0.05, 0.1) is 26.3 Å². The van der Waals surface area contributed by atoms with E-state index in [9.17, 15) is 4.79 Å². The van der Waals surface area contributed by atoms with E-state index >= 15 is 0 Å². The molecule has 0 aliphatic carbocycles. The van der Waals surface area contributed by atoms with E-state index in [4.69, 9.17) is 9.47 Å². The molecule has 3 heterocycles. The van der Waals surface area contributed by atoms with Gasteiger partial charge < -0.3 is 19.3 Å². The molecule has 2 aromatic rings. The zero-order valence-electron chi connectivity index (χ0n) is 15.9. The first-order valence-corrected chi connectivity index (χ1v) is 9.43. The zero-order valence-corrected chi connectivity index (χ0v) is 15.9. The molecule has 27 heavy (non-hydrogen) atoms. The minimum Gasteiger partial charge on any atom is -0.486 e. The Hall–Kier alpha value is -2.60. The van der Waals surface area contributed by atoms with Crippen molar-refractivity contribution in [1.82, 2.24) is 9.88 Å². The molecule has 0 atom stereocenters. The van der Waals surface area contributed by atoms with E-state index in [1.807, 2.05) is 17.0 Å². The van der Waals surface area contributed by atoms with Crippen LogP contribution in [0, 0.1) is 13.8 Å². The number of ether oxygens (including phenoxy) is 2. The molecule has 0 saturated carbocycles. The summed E-state index contributed by atoms with van der Waals surface area (Å²) in [7, 11) is 0. The number of carbonyl (C=O) groups excluding carboxylic acids is 1. The van der Waals surface area contributed by atoms with Crippen molar-refractivity contribution in [2.24, 2.45) is 0 Å². The van der Waals surface area contributed by atoms with Gasteiger partial charge in [-0.3, -0.25) is 4.79 Å². The summed E-state index contributed by atoms with van der Waals surface area (Å²) in [6, 6.07) is 9.85. The van der Waals surface area contributed by atoms with E-state index in [1.165, 1.54) is 0 Å². The van der Waals surface area contributed by atoms with Gasteiger partial charge in [-0.2, -0.15) is 0 Å². The van der Waals surface area contributed by atoms with Crippen molar-refractivity contribution in [3.63, 3.8) is 0 Å². The van der Waals surface area contributed by atoms with Gasteiger partial charge in [0.25, 0.3) is 5.91 Å². The van der Waals surface area contributed by atoms with Crippen LogP contribution in [-0.4, -0.2) is 61.3 Å². The molecule has 4 rings (SSSR count). The number of carbonyl (C=O) groups is 1. The summed E-state index contributed by atoms with van der Waals surface area (Å²) >= 11 is 0. The van der Waals surface area contributed by atoms with E-state index < -0.39 is 0 Å². The van der Waals surface area contributed by atoms with Crippen LogP contribution in [-0.2, 0) is 4.74 Å². The van der Waals surface area contributed by atoms with Crippen LogP contribution in [0.3, 0.4) is 0 Å². The number of para-hydroxylation sites is 1. The Morgan fingerprint density at radius 1 is 1.15 bits per heavy atom. The van der Waals surface area contributed by atoms with Gasteiger partial charge >= 0.3 is 0 Å². The van der Waals surface area contributed by atoms with Crippen LogP contribution in [0.2, 0.25) is 0 Å². The summed E-state index contributed by atoms with van der Waals surface area (Å²) in [4.78, 5) is 21.1. The Balaban J connectivity index is 1.39. The SMILES string of the molecule is Cc1cccc(C)c1OC1CN(c2cc(C(=O)N3CCOCC3)ccn2)C1. The standard InChI is InChI=1S/C21H25N3O3/c1-15-4-3-5-16(2)20(15)27-18-13-24(14-18)19-12-17(6-7-22-19)21(25)23-8-10-26-11-9-23/h3-7,12,18H,8-11,13-14H2,1-2H3. The lowest BCUT2D eigenvalue weighted by molar-refractivity contribution is 0.0303. The highest BCUT2D eigenvalue weighted by atomic mass is 16.5. The minimum absolute atomic E-state index is 0.0470. The third-order valence-electron chi connectivity index (χ3n) is 5.16. The van der Waals surface area contributed by atoms with E-state index in [2.05, 4.69) is 35.9 Å². The summed E-state index contributed by atoms with van der Waals surface area (Å²) in [6.45, 7) is 8.19. The summed E-state index contributed by atoms with van der Waals surface area (Å²) in [5, 5.41) is 0. The second kappa shape index (κ2) is 7.56. The van der Waals surface area contributed by atoms with Gasteiger partial charge in [0, 0.05) is 24.8 Å². The Labute approximate surface area is 159 Å². The molecular weight excluding hydrogens is 342 g/mol. The predicted octanol–water partition coefficient (Wildman–Crippen LogP) is 2.44. The molecule has 1 aromatic carbocycles. The number of benzene rings is 1. The normalized spacial score (nSPS) is 17.6. The average molecular weight is 367 g/mol. The van der Waals surface area contributed by atoms with Crippen molar-refractivity contribution in [2.75, 3.05) is 44.3 Å². The summed E-state index contributed by atoms with van der Waals surface area (Å²) in [5.41, 5.74) is 3.00. The lowest BCUT2D eigenvalue weighted by Crippen LogP contribution is -2.54. The van der Waals surface area contributed by atoms with Gasteiger partial charge in [0.15, 0.2) is 0 Å². The quantitative estimate of drug-likeness (QED) is 0.831. The largest absolute Gasteiger partial charge is 0.486 e. The van der Waals surface area contributed by atoms with E-state index in [1.54, 1.807) is 12.3 Å². The maximum atomic E-state index is 12.7. The molecule has 0 bridgehead atoms. The summed E-state index contributed by atoms with van der Waals surface area (Å²) < 4.78 is 11.5. The van der Waals surface area contributed by atoms with Crippen LogP contribution in [0.25, 0.3) is 0 Å². The highest BCUT2D eigenvalue weighted by Crippen LogP contribution is 2.28. The molecule has 1 aromatic heterocycles. The number of aromatic nitrogens is 1. The average Bonchev–Trinajstić information content (AvgIpc) is 2.66. The number of aryl methyl sites for hydroxylation is 2. The molecule has 2 aliphatic rings. The molecule has 6 nitrogen and oxygen atoms in total. The molecule has 2 aliphatic heterocycles. The van der Waals surface area contributed by atoms with Crippen LogP contribution >= 0.6 is 0 Å². The molecule has 2 saturated heterocycles. The molecule has 0 unspecified atom stereocenters. The van der Waals surface area contributed by atoms with Crippen molar-refractivity contribution in [1.29, 1.82) is 0 Å². The molecule has 0 radical (unpaired) electrons. The van der Waals surface area contributed by atoms with Gasteiger partial charge in [-0.25, -0.2) is 4.98 Å². The lowest BCUT2D eigenvalue weighted by Gasteiger charge is -2.40. The van der Waals surface area contributed by atoms with E-state index in [-0.39, 0.29) is 12.0 Å². The first-order chi connectivity index (χ1) is 13.1. The molecule has 142 valence electrons. The molecule has 0 spiro atoms. The third-order valence-corrected chi connectivity index (χ3v) is 5.16. The number of amides is 1. The molecule has 1 amide bonds. The molecule has 0 N–H and O–H groups in total. The Bertz CT molecular complexity index is 807. The fourth-order valence-electron chi connectivity index (χ4n) is 3.52. The predicted molar refractivity (Wildman–Crippen MR) is 104 cm³/mol. The van der Waals surface area contributed by atoms with Crippen LogP contribution in [0.5, 0.6) is 5.75 Å². The molecule has 6 heteroatoms. The molecular formula is C21H25N3O3. The van der Waals surface area contributed by atoms with Crippen LogP contribution in [0.1, 0.15) is 21.5 Å². The minimum atomic E-state index is 0.0470. The highest BCUT2D eigenvalue weighted by molar-refractivity contribution is 5.95. The number of hydrogen-bond donors (Lipinski definition) is 0. The number of hydrogen-bond acceptors (Lipinski definition) is 5. The van der Waals surface area contributed by atoms with Crippen LogP contribution in [0.4, 0.5) is 5.82 Å². The highest BCUT2D eigenvalue weighted by Gasteiger charge is 2.31. The Kier molecular flexibility index (Phi) is 4.99. The van der Waals surface area contributed by atoms with Gasteiger partial charge in [0.2, 0.25) is 0 Å². The van der Waals surface area contributed by atoms with Gasteiger partial charge in [0.1, 0.15) is 17.7 Å². The van der Waals surface area contributed by atoms with Gasteiger partial charge in [-0.15, -0.1) is 0 Å². The monoisotopic (exact) mass is 367 g/mol. The second-order valence-electron chi connectivity index (χ2n) is 7.17. The van der Waals surface area contributed by atoms with Crippen LogP contribution < -0.4 is 9.64 Å². The van der Waals surface area contributed by atoms with Crippen LogP contribution in [0.15, 0.2) is 36.5 Å². The van der Waals surface area contributed by atoms with Gasteiger partial charge in [-0.05, 0) is 37.1 Å². The van der Waals surface area contributed by atoms with Crippen molar-refractivity contribution in [3.05, 3.63) is 53.2 Å². The summed E-state index contributed by atoms with van der Waals surface area (Å²) in [6.07, 6.45) is 1.85. The first-order valence-electron chi connectivity index (χ1n) is 9.43. The Morgan fingerprint density at radius 2 is 1.85 bits per heavy atom. The number of morpholine rings is 1. The fraction of sp³-hybridized carbons (Fsp3) is 0.429. The number of anilines is 1. The first kappa shape index (κ1) is 17.8. The van der Waals surface area contributed by atoms with Crippen molar-refractivity contribution >= 4 is 11.7 Å². The Morgan fingerprint density at radius 3 is 2.56 bits per heavy atom. The maximum Gasteiger partial charge on any atom is 0.254 e. The maximum absolute atomic E-state index is 12.7. The van der Waals surface area contributed by atoms with E-state index in [0.29, 0.717) is 31.9 Å². The molecule has 2 fully saturated rings. The lowest BCUT2D eigenvalue weighted by atomic mass is 10.1. The summed E-state index contributed by atoms with van der Waals surface area (Å²) in [5.74, 6) is 1.85. The zero-order chi connectivity index (χ0) is 18.8. The topological polar surface area (TPSA) is 54.9 Å². The van der Waals surface area contributed by atoms with E-state index in [0.717, 1.165) is 35.8 Å². The smallest absolute Gasteiger partial charge is 0.254 e. The van der Waals surface area contributed by atoms with Gasteiger partial charge in [-0.1, -0.05) is 18.2 Å². The third kappa shape index (κ3) is 3.76. The van der Waals surface area contributed by atoms with Crippen molar-refractivity contribution < 1.29 is 14.3 Å². The number of pyridine rings is 1. The van der Waals surface area contributed by atoms with Crippen molar-refractivity contribution in [2.45, 2.75) is 20.0 Å². The number of rotatable bonds is 4.